The smallest absolute Gasteiger partial charge is 0.237 e. The number of hydrogen-bond donors (Lipinski definition) is 2. The summed E-state index contributed by atoms with van der Waals surface area (Å²) in [5.41, 5.74) is 7.45. The molecule has 5 nitrogen and oxygen atoms in total. The number of carbonyl (C=O) groups excluding carboxylic acids is 1. The van der Waals surface area contributed by atoms with Gasteiger partial charge in [-0.15, -0.1) is 10.2 Å². The monoisotopic (exact) mass is 294 g/mol. The van der Waals surface area contributed by atoms with Crippen molar-refractivity contribution in [1.29, 1.82) is 0 Å². The van der Waals surface area contributed by atoms with Gasteiger partial charge in [-0.1, -0.05) is 40.8 Å². The molecule has 1 aromatic carbocycles. The molecule has 1 aromatic heterocycles. The lowest BCUT2D eigenvalue weighted by Crippen LogP contribution is -2.22. The largest absolute Gasteiger partial charge is 0.374 e. The fourth-order valence-corrected chi connectivity index (χ4v) is 3.13. The topological polar surface area (TPSA) is 80.9 Å². The molecule has 7 heteroatoms. The zero-order chi connectivity index (χ0) is 13.8. The van der Waals surface area contributed by atoms with E-state index in [1.54, 1.807) is 0 Å². The van der Waals surface area contributed by atoms with Crippen LogP contribution in [-0.4, -0.2) is 21.4 Å². The first kappa shape index (κ1) is 13.8. The Balaban J connectivity index is 1.94. The maximum Gasteiger partial charge on any atom is 0.237 e. The molecule has 1 amide bonds. The molecule has 2 rings (SSSR count). The van der Waals surface area contributed by atoms with Gasteiger partial charge in [0.1, 0.15) is 0 Å². The van der Waals surface area contributed by atoms with Crippen LogP contribution in [-0.2, 0) is 4.79 Å². The highest BCUT2D eigenvalue weighted by Crippen LogP contribution is 2.28. The summed E-state index contributed by atoms with van der Waals surface area (Å²) in [5.74, 6) is -0.0670. The zero-order valence-corrected chi connectivity index (χ0v) is 12.2. The molecule has 19 heavy (non-hydrogen) atoms. The average Bonchev–Trinajstić information content (AvgIpc) is 2.77. The van der Waals surface area contributed by atoms with Gasteiger partial charge in [0.25, 0.3) is 0 Å². The molecule has 0 aliphatic heterocycles. The molecule has 0 spiro atoms. The number of thioether (sulfide) groups is 1. The zero-order valence-electron chi connectivity index (χ0n) is 10.6. The fraction of sp³-hybridized carbons (Fsp3) is 0.250. The Morgan fingerprint density at radius 1 is 1.37 bits per heavy atom. The third kappa shape index (κ3) is 3.93. The first-order valence-electron chi connectivity index (χ1n) is 5.68. The van der Waals surface area contributed by atoms with Crippen molar-refractivity contribution in [3.63, 3.8) is 0 Å². The van der Waals surface area contributed by atoms with Crippen LogP contribution in [0.25, 0.3) is 0 Å². The van der Waals surface area contributed by atoms with Crippen molar-refractivity contribution in [2.45, 2.75) is 23.4 Å². The van der Waals surface area contributed by atoms with E-state index in [2.05, 4.69) is 15.5 Å². The van der Waals surface area contributed by atoms with Gasteiger partial charge in [-0.25, -0.2) is 0 Å². The summed E-state index contributed by atoms with van der Waals surface area (Å²) in [4.78, 5) is 12.0. The number of hydrogen-bond acceptors (Lipinski definition) is 6. The second kappa shape index (κ2) is 6.03. The summed E-state index contributed by atoms with van der Waals surface area (Å²) in [6.07, 6.45) is 0. The quantitative estimate of drug-likeness (QED) is 0.847. The summed E-state index contributed by atoms with van der Waals surface area (Å²) in [5, 5.41) is 10.6. The SMILES string of the molecule is Cc1ccc(NC(=O)C(C)Sc2nnc(N)s2)cc1. The molecule has 1 atom stereocenters. The van der Waals surface area contributed by atoms with Crippen LogP contribution >= 0.6 is 23.1 Å². The number of benzene rings is 1. The van der Waals surface area contributed by atoms with Crippen molar-refractivity contribution in [2.75, 3.05) is 11.1 Å². The second-order valence-electron chi connectivity index (χ2n) is 4.02. The Morgan fingerprint density at radius 3 is 2.63 bits per heavy atom. The molecular weight excluding hydrogens is 280 g/mol. The van der Waals surface area contributed by atoms with Gasteiger partial charge in [0.05, 0.1) is 5.25 Å². The van der Waals surface area contributed by atoms with E-state index in [4.69, 9.17) is 5.73 Å². The minimum Gasteiger partial charge on any atom is -0.374 e. The van der Waals surface area contributed by atoms with Crippen LogP contribution in [0.1, 0.15) is 12.5 Å². The Morgan fingerprint density at radius 2 is 2.05 bits per heavy atom. The van der Waals surface area contributed by atoms with Crippen LogP contribution in [0.5, 0.6) is 0 Å². The molecule has 0 fully saturated rings. The van der Waals surface area contributed by atoms with Crippen molar-refractivity contribution in [2.24, 2.45) is 0 Å². The lowest BCUT2D eigenvalue weighted by Gasteiger charge is -2.10. The average molecular weight is 294 g/mol. The highest BCUT2D eigenvalue weighted by molar-refractivity contribution is 8.02. The summed E-state index contributed by atoms with van der Waals surface area (Å²) in [6, 6.07) is 7.68. The van der Waals surface area contributed by atoms with Gasteiger partial charge in [0.15, 0.2) is 4.34 Å². The Kier molecular flexibility index (Phi) is 4.39. The third-order valence-electron chi connectivity index (χ3n) is 2.39. The van der Waals surface area contributed by atoms with Gasteiger partial charge in [0, 0.05) is 5.69 Å². The normalized spacial score (nSPS) is 12.1. The van der Waals surface area contributed by atoms with E-state index in [9.17, 15) is 4.79 Å². The van der Waals surface area contributed by atoms with E-state index < -0.39 is 0 Å². The number of nitrogens with one attached hydrogen (secondary N) is 1. The molecule has 1 heterocycles. The molecule has 1 unspecified atom stereocenters. The number of nitrogens with zero attached hydrogens (tertiary/aromatic N) is 2. The fourth-order valence-electron chi connectivity index (χ4n) is 1.35. The van der Waals surface area contributed by atoms with Crippen LogP contribution < -0.4 is 11.1 Å². The van der Waals surface area contributed by atoms with Crippen LogP contribution in [0.3, 0.4) is 0 Å². The van der Waals surface area contributed by atoms with Gasteiger partial charge in [-0.3, -0.25) is 4.79 Å². The molecule has 2 aromatic rings. The highest BCUT2D eigenvalue weighted by Gasteiger charge is 2.16. The predicted octanol–water partition coefficient (Wildman–Crippen LogP) is 2.55. The summed E-state index contributed by atoms with van der Waals surface area (Å²) < 4.78 is 0.698. The van der Waals surface area contributed by atoms with E-state index in [1.165, 1.54) is 23.1 Å². The predicted molar refractivity (Wildman–Crippen MR) is 79.4 cm³/mol. The molecule has 0 saturated carbocycles. The first-order valence-corrected chi connectivity index (χ1v) is 7.37. The molecule has 0 aliphatic carbocycles. The molecule has 3 N–H and O–H groups in total. The lowest BCUT2D eigenvalue weighted by molar-refractivity contribution is -0.115. The number of nitrogen functional groups attached to an aromatic ring is 1. The molecule has 100 valence electrons. The number of amides is 1. The number of anilines is 2. The van der Waals surface area contributed by atoms with E-state index in [0.29, 0.717) is 9.47 Å². The molecule has 0 bridgehead atoms. The van der Waals surface area contributed by atoms with Crippen molar-refractivity contribution >= 4 is 39.8 Å². The number of nitrogens with two attached hydrogens (primary N) is 1. The highest BCUT2D eigenvalue weighted by atomic mass is 32.2. The van der Waals surface area contributed by atoms with E-state index in [1.807, 2.05) is 38.1 Å². The molecule has 0 saturated heterocycles. The number of aryl methyl sites for hydroxylation is 1. The molecule has 0 radical (unpaired) electrons. The molecule has 0 aliphatic rings. The van der Waals surface area contributed by atoms with E-state index in [-0.39, 0.29) is 11.2 Å². The van der Waals surface area contributed by atoms with Crippen molar-refractivity contribution in [3.8, 4) is 0 Å². The maximum absolute atomic E-state index is 12.0. The van der Waals surface area contributed by atoms with Crippen LogP contribution in [0.2, 0.25) is 0 Å². The molecular formula is C12H14N4OS2. The van der Waals surface area contributed by atoms with Crippen LogP contribution in [0.4, 0.5) is 10.8 Å². The first-order chi connectivity index (χ1) is 9.04. The van der Waals surface area contributed by atoms with Crippen molar-refractivity contribution in [1.82, 2.24) is 10.2 Å². The summed E-state index contributed by atoms with van der Waals surface area (Å²) >= 11 is 2.63. The van der Waals surface area contributed by atoms with Gasteiger partial charge < -0.3 is 11.1 Å². The Bertz CT molecular complexity index is 567. The minimum absolute atomic E-state index is 0.0670. The van der Waals surface area contributed by atoms with Gasteiger partial charge in [-0.05, 0) is 26.0 Å². The van der Waals surface area contributed by atoms with E-state index >= 15 is 0 Å². The van der Waals surface area contributed by atoms with Gasteiger partial charge in [0.2, 0.25) is 11.0 Å². The van der Waals surface area contributed by atoms with Crippen LogP contribution in [0.15, 0.2) is 28.6 Å². The van der Waals surface area contributed by atoms with Crippen molar-refractivity contribution < 1.29 is 4.79 Å². The van der Waals surface area contributed by atoms with Crippen molar-refractivity contribution in [3.05, 3.63) is 29.8 Å². The lowest BCUT2D eigenvalue weighted by atomic mass is 10.2. The number of rotatable bonds is 4. The second-order valence-corrected chi connectivity index (χ2v) is 6.62. The van der Waals surface area contributed by atoms with Gasteiger partial charge in [-0.2, -0.15) is 0 Å². The van der Waals surface area contributed by atoms with E-state index in [0.717, 1.165) is 11.3 Å². The Hall–Kier alpha value is -1.60. The Labute approximate surface area is 119 Å². The van der Waals surface area contributed by atoms with Crippen LogP contribution in [0, 0.1) is 6.92 Å². The number of carbonyl (C=O) groups is 1. The standard InChI is InChI=1S/C12H14N4OS2/c1-7-3-5-9(6-4-7)14-10(17)8(2)18-12-16-15-11(13)19-12/h3-6,8H,1-2H3,(H2,13,15)(H,14,17). The summed E-state index contributed by atoms with van der Waals surface area (Å²) in [6.45, 7) is 3.83. The minimum atomic E-state index is -0.256. The summed E-state index contributed by atoms with van der Waals surface area (Å²) in [7, 11) is 0. The third-order valence-corrected chi connectivity index (χ3v) is 4.32. The number of aromatic nitrogens is 2. The maximum atomic E-state index is 12.0. The van der Waals surface area contributed by atoms with Gasteiger partial charge >= 0.3 is 0 Å².